The average molecular weight is 389 g/mol. The van der Waals surface area contributed by atoms with Gasteiger partial charge in [0.15, 0.2) is 9.84 Å². The number of hydrogen-bond donors (Lipinski definition) is 1. The largest absolute Gasteiger partial charge is 0.480 e. The van der Waals surface area contributed by atoms with Gasteiger partial charge in [-0.3, -0.25) is 4.79 Å². The van der Waals surface area contributed by atoms with E-state index in [0.29, 0.717) is 22.2 Å². The lowest BCUT2D eigenvalue weighted by atomic mass is 10.0. The van der Waals surface area contributed by atoms with Crippen molar-refractivity contribution in [2.45, 2.75) is 31.7 Å². The molecule has 1 aromatic heterocycles. The van der Waals surface area contributed by atoms with E-state index in [1.807, 2.05) is 0 Å². The van der Waals surface area contributed by atoms with Crippen LogP contribution < -0.4 is 0 Å². The van der Waals surface area contributed by atoms with Crippen LogP contribution in [0.1, 0.15) is 23.7 Å². The summed E-state index contributed by atoms with van der Waals surface area (Å²) in [6.07, 6.45) is 0.272. The van der Waals surface area contributed by atoms with Crippen molar-refractivity contribution in [3.63, 3.8) is 0 Å². The third-order valence-electron chi connectivity index (χ3n) is 4.76. The Kier molecular flexibility index (Phi) is 5.06. The summed E-state index contributed by atoms with van der Waals surface area (Å²) in [4.78, 5) is 11.5. The van der Waals surface area contributed by atoms with E-state index in [4.69, 9.17) is 0 Å². The van der Waals surface area contributed by atoms with Gasteiger partial charge < -0.3 is 9.67 Å². The second-order valence-corrected chi connectivity index (χ2v) is 8.64. The van der Waals surface area contributed by atoms with Gasteiger partial charge in [-0.1, -0.05) is 25.1 Å². The highest BCUT2D eigenvalue weighted by Crippen LogP contribution is 2.30. The van der Waals surface area contributed by atoms with Crippen LogP contribution in [0.3, 0.4) is 0 Å². The zero-order valence-electron chi connectivity index (χ0n) is 15.1. The van der Waals surface area contributed by atoms with Crippen molar-refractivity contribution < 1.29 is 22.7 Å². The van der Waals surface area contributed by atoms with Crippen LogP contribution in [0, 0.1) is 12.7 Å². The maximum Gasteiger partial charge on any atom is 0.323 e. The number of carboxylic acids is 1. The molecule has 0 amide bonds. The quantitative estimate of drug-likeness (QED) is 0.699. The molecule has 1 heterocycles. The highest BCUT2D eigenvalue weighted by atomic mass is 32.2. The number of aromatic nitrogens is 1. The predicted octanol–water partition coefficient (Wildman–Crippen LogP) is 3.56. The molecule has 0 saturated heterocycles. The van der Waals surface area contributed by atoms with Crippen molar-refractivity contribution in [3.05, 3.63) is 65.1 Å². The van der Waals surface area contributed by atoms with Crippen LogP contribution in [0.15, 0.2) is 47.4 Å². The van der Waals surface area contributed by atoms with Crippen molar-refractivity contribution >= 4 is 26.7 Å². The molecule has 0 aliphatic heterocycles. The molecule has 0 aliphatic carbocycles. The van der Waals surface area contributed by atoms with E-state index in [-0.39, 0.29) is 23.6 Å². The Labute approximate surface area is 157 Å². The molecule has 0 spiro atoms. The molecule has 0 fully saturated rings. The Balaban J connectivity index is 2.21. The van der Waals surface area contributed by atoms with E-state index >= 15 is 0 Å². The molecular weight excluding hydrogens is 369 g/mol. The van der Waals surface area contributed by atoms with Crippen LogP contribution in [-0.4, -0.2) is 29.8 Å². The number of benzene rings is 2. The first kappa shape index (κ1) is 19.1. The molecule has 142 valence electrons. The molecule has 0 atom stereocenters. The molecule has 2 aromatic carbocycles. The van der Waals surface area contributed by atoms with E-state index in [2.05, 4.69) is 0 Å². The lowest BCUT2D eigenvalue weighted by molar-refractivity contribution is -0.137. The minimum Gasteiger partial charge on any atom is -0.480 e. The maximum atomic E-state index is 13.9. The predicted molar refractivity (Wildman–Crippen MR) is 101 cm³/mol. The highest BCUT2D eigenvalue weighted by Gasteiger charge is 2.21. The standard InChI is InChI=1S/C20H20FNO4S/c1-3-27(25,26)19-7-5-4-6-14(19)10-16-13(2)22(12-20(23)24)18-9-8-15(21)11-17(16)18/h4-9,11H,3,10,12H2,1-2H3,(H,23,24). The van der Waals surface area contributed by atoms with Gasteiger partial charge >= 0.3 is 5.97 Å². The van der Waals surface area contributed by atoms with E-state index in [0.717, 1.165) is 5.56 Å². The summed E-state index contributed by atoms with van der Waals surface area (Å²) in [6, 6.07) is 11.0. The third-order valence-corrected chi connectivity index (χ3v) is 6.59. The fourth-order valence-electron chi connectivity index (χ4n) is 3.39. The minimum atomic E-state index is -3.41. The number of fused-ring (bicyclic) bond motifs is 1. The molecule has 27 heavy (non-hydrogen) atoms. The number of halogens is 1. The first-order chi connectivity index (χ1) is 12.7. The van der Waals surface area contributed by atoms with Gasteiger partial charge in [0.2, 0.25) is 0 Å². The van der Waals surface area contributed by atoms with Gasteiger partial charge in [0, 0.05) is 23.0 Å². The number of aliphatic carboxylic acids is 1. The van der Waals surface area contributed by atoms with Crippen molar-refractivity contribution in [2.24, 2.45) is 0 Å². The molecular formula is C20H20FNO4S. The lowest BCUT2D eigenvalue weighted by Gasteiger charge is -2.10. The van der Waals surface area contributed by atoms with Gasteiger partial charge in [0.05, 0.1) is 10.6 Å². The Bertz CT molecular complexity index is 1130. The lowest BCUT2D eigenvalue weighted by Crippen LogP contribution is -2.10. The van der Waals surface area contributed by atoms with Crippen molar-refractivity contribution in [1.82, 2.24) is 4.57 Å². The third kappa shape index (κ3) is 3.60. The van der Waals surface area contributed by atoms with Crippen LogP contribution in [0.4, 0.5) is 4.39 Å². The van der Waals surface area contributed by atoms with Gasteiger partial charge in [-0.25, -0.2) is 12.8 Å². The fraction of sp³-hybridized carbons (Fsp3) is 0.250. The summed E-state index contributed by atoms with van der Waals surface area (Å²) in [5, 5.41) is 9.81. The smallest absolute Gasteiger partial charge is 0.323 e. The number of sulfone groups is 1. The van der Waals surface area contributed by atoms with Crippen LogP contribution in [-0.2, 0) is 27.6 Å². The number of hydrogen-bond acceptors (Lipinski definition) is 3. The Hall–Kier alpha value is -2.67. The maximum absolute atomic E-state index is 13.9. The Morgan fingerprint density at radius 2 is 1.89 bits per heavy atom. The summed E-state index contributed by atoms with van der Waals surface area (Å²) in [5.74, 6) is -1.44. The summed E-state index contributed by atoms with van der Waals surface area (Å²) in [5.41, 5.74) is 2.63. The van der Waals surface area contributed by atoms with Crippen LogP contribution >= 0.6 is 0 Å². The number of rotatable bonds is 6. The second-order valence-electron chi connectivity index (χ2n) is 6.39. The zero-order chi connectivity index (χ0) is 19.8. The van der Waals surface area contributed by atoms with Crippen LogP contribution in [0.5, 0.6) is 0 Å². The molecule has 0 aliphatic rings. The Morgan fingerprint density at radius 3 is 2.56 bits per heavy atom. The molecule has 3 aromatic rings. The van der Waals surface area contributed by atoms with Crippen molar-refractivity contribution in [2.75, 3.05) is 5.75 Å². The van der Waals surface area contributed by atoms with Gasteiger partial charge in [-0.15, -0.1) is 0 Å². The van der Waals surface area contributed by atoms with E-state index in [1.165, 1.54) is 12.1 Å². The first-order valence-electron chi connectivity index (χ1n) is 8.54. The normalized spacial score (nSPS) is 11.8. The van der Waals surface area contributed by atoms with E-state index < -0.39 is 21.6 Å². The SMILES string of the molecule is CCS(=O)(=O)c1ccccc1Cc1c(C)n(CC(=O)O)c2ccc(F)cc12. The van der Waals surface area contributed by atoms with Crippen LogP contribution in [0.2, 0.25) is 0 Å². The fourth-order valence-corrected chi connectivity index (χ4v) is 4.52. The van der Waals surface area contributed by atoms with E-state index in [9.17, 15) is 22.7 Å². The molecule has 5 nitrogen and oxygen atoms in total. The molecule has 0 bridgehead atoms. The summed E-state index contributed by atoms with van der Waals surface area (Å²) in [6.45, 7) is 3.11. The minimum absolute atomic E-state index is 0.0155. The van der Waals surface area contributed by atoms with Crippen molar-refractivity contribution in [1.29, 1.82) is 0 Å². The monoisotopic (exact) mass is 389 g/mol. The molecule has 1 N–H and O–H groups in total. The molecule has 3 rings (SSSR count). The van der Waals surface area contributed by atoms with Crippen LogP contribution in [0.25, 0.3) is 10.9 Å². The highest BCUT2D eigenvalue weighted by molar-refractivity contribution is 7.91. The second kappa shape index (κ2) is 7.15. The van der Waals surface area contributed by atoms with Crippen molar-refractivity contribution in [3.8, 4) is 0 Å². The molecule has 0 unspecified atom stereocenters. The topological polar surface area (TPSA) is 76.4 Å². The number of nitrogens with zero attached hydrogens (tertiary/aromatic N) is 1. The summed E-state index contributed by atoms with van der Waals surface area (Å²) >= 11 is 0. The molecule has 0 saturated carbocycles. The van der Waals surface area contributed by atoms with Gasteiger partial charge in [-0.2, -0.15) is 0 Å². The number of carbonyl (C=O) groups is 1. The van der Waals surface area contributed by atoms with Gasteiger partial charge in [0.25, 0.3) is 0 Å². The zero-order valence-corrected chi connectivity index (χ0v) is 15.9. The average Bonchev–Trinajstić information content (AvgIpc) is 2.87. The van der Waals surface area contributed by atoms with Gasteiger partial charge in [-0.05, 0) is 42.3 Å². The first-order valence-corrected chi connectivity index (χ1v) is 10.2. The van der Waals surface area contributed by atoms with Gasteiger partial charge in [0.1, 0.15) is 12.4 Å². The molecule has 0 radical (unpaired) electrons. The Morgan fingerprint density at radius 1 is 1.19 bits per heavy atom. The molecule has 7 heteroatoms. The summed E-state index contributed by atoms with van der Waals surface area (Å²) in [7, 11) is -3.41. The summed E-state index contributed by atoms with van der Waals surface area (Å²) < 4.78 is 40.3. The number of carboxylic acid groups (broad SMARTS) is 1. The van der Waals surface area contributed by atoms with E-state index in [1.54, 1.807) is 48.7 Å².